The molecular weight excluding hydrogens is 366 g/mol. The van der Waals surface area contributed by atoms with Crippen LogP contribution in [0.2, 0.25) is 5.02 Å². The van der Waals surface area contributed by atoms with Crippen molar-refractivity contribution in [3.8, 4) is 0 Å². The predicted molar refractivity (Wildman–Crippen MR) is 108 cm³/mol. The topological polar surface area (TPSA) is 77.2 Å². The number of fused-ring (bicyclic) bond motifs is 1. The molecule has 0 aliphatic rings. The molecule has 7 heteroatoms. The number of aryl methyl sites for hydroxylation is 3. The molecule has 3 aromatic rings. The Morgan fingerprint density at radius 2 is 1.96 bits per heavy atom. The van der Waals surface area contributed by atoms with Gasteiger partial charge in [0, 0.05) is 29.2 Å². The van der Waals surface area contributed by atoms with Crippen LogP contribution >= 0.6 is 11.6 Å². The highest BCUT2D eigenvalue weighted by Gasteiger charge is 2.21. The van der Waals surface area contributed by atoms with E-state index < -0.39 is 4.92 Å². The first-order valence-electron chi connectivity index (χ1n) is 8.74. The average Bonchev–Trinajstić information content (AvgIpc) is 2.94. The number of anilines is 1. The summed E-state index contributed by atoms with van der Waals surface area (Å²) in [7, 11) is 0. The molecule has 1 aromatic heterocycles. The third kappa shape index (κ3) is 3.40. The zero-order chi connectivity index (χ0) is 19.7. The summed E-state index contributed by atoms with van der Waals surface area (Å²) in [6.45, 7) is 6.64. The lowest BCUT2D eigenvalue weighted by Crippen LogP contribution is -2.18. The summed E-state index contributed by atoms with van der Waals surface area (Å²) in [5.74, 6) is -0.305. The number of carbonyl (C=O) groups excluding carboxylic acids is 1. The van der Waals surface area contributed by atoms with Gasteiger partial charge in [0.2, 0.25) is 0 Å². The number of hydrogen-bond donors (Lipinski definition) is 1. The van der Waals surface area contributed by atoms with E-state index in [0.29, 0.717) is 17.9 Å². The van der Waals surface area contributed by atoms with E-state index in [9.17, 15) is 14.9 Å². The molecule has 0 aliphatic carbocycles. The molecule has 0 saturated heterocycles. The van der Waals surface area contributed by atoms with Gasteiger partial charge >= 0.3 is 0 Å². The highest BCUT2D eigenvalue weighted by Crippen LogP contribution is 2.30. The van der Waals surface area contributed by atoms with E-state index >= 15 is 0 Å². The Balaban J connectivity index is 2.04. The lowest BCUT2D eigenvalue weighted by Gasteiger charge is -2.10. The number of amides is 1. The normalized spacial score (nSPS) is 11.0. The molecule has 6 nitrogen and oxygen atoms in total. The molecule has 2 aromatic carbocycles. The van der Waals surface area contributed by atoms with E-state index in [4.69, 9.17) is 11.6 Å². The number of carbonyl (C=O) groups is 1. The summed E-state index contributed by atoms with van der Waals surface area (Å²) in [6, 6.07) is 10.4. The van der Waals surface area contributed by atoms with E-state index in [1.165, 1.54) is 17.7 Å². The second kappa shape index (κ2) is 7.40. The molecule has 3 rings (SSSR count). The molecule has 0 bridgehead atoms. The molecule has 1 heterocycles. The quantitative estimate of drug-likeness (QED) is 0.475. The number of benzene rings is 2. The van der Waals surface area contributed by atoms with Crippen LogP contribution in [-0.4, -0.2) is 15.4 Å². The molecule has 0 radical (unpaired) electrons. The van der Waals surface area contributed by atoms with E-state index in [-0.39, 0.29) is 16.6 Å². The van der Waals surface area contributed by atoms with Crippen LogP contribution < -0.4 is 5.32 Å². The number of nitrogens with zero attached hydrogens (tertiary/aromatic N) is 2. The van der Waals surface area contributed by atoms with Gasteiger partial charge in [-0.3, -0.25) is 14.9 Å². The molecule has 0 spiro atoms. The van der Waals surface area contributed by atoms with E-state index in [1.54, 1.807) is 6.07 Å². The van der Waals surface area contributed by atoms with E-state index in [1.807, 2.05) is 24.5 Å². The van der Waals surface area contributed by atoms with Crippen molar-refractivity contribution in [2.75, 3.05) is 5.32 Å². The summed E-state index contributed by atoms with van der Waals surface area (Å²) in [4.78, 5) is 23.5. The SMILES string of the molecule is CCc1ccc2c(c1)c(C)c(C(=O)Nc1ccc(Cl)c([N+](=O)[O-])c1)n2CC. The van der Waals surface area contributed by atoms with Crippen LogP contribution in [0.15, 0.2) is 36.4 Å². The first-order chi connectivity index (χ1) is 12.9. The molecule has 0 saturated carbocycles. The summed E-state index contributed by atoms with van der Waals surface area (Å²) < 4.78 is 1.96. The monoisotopic (exact) mass is 385 g/mol. The fraction of sp³-hybridized carbons (Fsp3) is 0.250. The van der Waals surface area contributed by atoms with Gasteiger partial charge in [-0.25, -0.2) is 0 Å². The maximum Gasteiger partial charge on any atom is 0.289 e. The van der Waals surface area contributed by atoms with Crippen molar-refractivity contribution in [2.45, 2.75) is 33.7 Å². The lowest BCUT2D eigenvalue weighted by atomic mass is 10.1. The number of nitro groups is 1. The molecule has 140 valence electrons. The van der Waals surface area contributed by atoms with Crippen LogP contribution in [0.4, 0.5) is 11.4 Å². The summed E-state index contributed by atoms with van der Waals surface area (Å²) in [5, 5.41) is 14.9. The number of halogens is 1. The van der Waals surface area contributed by atoms with Crippen LogP contribution in [-0.2, 0) is 13.0 Å². The highest BCUT2D eigenvalue weighted by atomic mass is 35.5. The highest BCUT2D eigenvalue weighted by molar-refractivity contribution is 6.32. The Morgan fingerprint density at radius 1 is 1.22 bits per heavy atom. The van der Waals surface area contributed by atoms with Crippen LogP contribution in [0, 0.1) is 17.0 Å². The Hall–Kier alpha value is -2.86. The van der Waals surface area contributed by atoms with Gasteiger partial charge in [0.1, 0.15) is 10.7 Å². The number of nitro benzene ring substituents is 1. The number of aromatic nitrogens is 1. The smallest absolute Gasteiger partial charge is 0.289 e. The Kier molecular flexibility index (Phi) is 5.19. The minimum atomic E-state index is -0.571. The summed E-state index contributed by atoms with van der Waals surface area (Å²) >= 11 is 5.84. The maximum atomic E-state index is 13.0. The fourth-order valence-electron chi connectivity index (χ4n) is 3.33. The Labute approximate surface area is 161 Å². The zero-order valence-corrected chi connectivity index (χ0v) is 16.1. The van der Waals surface area contributed by atoms with Gasteiger partial charge in [0.05, 0.1) is 4.92 Å². The van der Waals surface area contributed by atoms with Gasteiger partial charge in [-0.15, -0.1) is 0 Å². The van der Waals surface area contributed by atoms with Crippen LogP contribution in [0.3, 0.4) is 0 Å². The van der Waals surface area contributed by atoms with Gasteiger partial charge in [0.25, 0.3) is 11.6 Å². The molecule has 1 amide bonds. The van der Waals surface area contributed by atoms with Crippen molar-refractivity contribution in [3.05, 3.63) is 68.4 Å². The molecular formula is C20H20ClN3O3. The van der Waals surface area contributed by atoms with Crippen LogP contribution in [0.5, 0.6) is 0 Å². The van der Waals surface area contributed by atoms with Gasteiger partial charge < -0.3 is 9.88 Å². The second-order valence-corrected chi connectivity index (χ2v) is 6.71. The minimum Gasteiger partial charge on any atom is -0.337 e. The largest absolute Gasteiger partial charge is 0.337 e. The average molecular weight is 386 g/mol. The molecule has 0 fully saturated rings. The first kappa shape index (κ1) is 18.9. The lowest BCUT2D eigenvalue weighted by molar-refractivity contribution is -0.384. The van der Waals surface area contributed by atoms with Crippen molar-refractivity contribution in [2.24, 2.45) is 0 Å². The van der Waals surface area contributed by atoms with Gasteiger partial charge in [0.15, 0.2) is 0 Å². The minimum absolute atomic E-state index is 0.0314. The van der Waals surface area contributed by atoms with Crippen molar-refractivity contribution >= 4 is 39.8 Å². The molecule has 0 atom stereocenters. The number of hydrogen-bond acceptors (Lipinski definition) is 3. The van der Waals surface area contributed by atoms with Crippen molar-refractivity contribution in [3.63, 3.8) is 0 Å². The third-order valence-electron chi connectivity index (χ3n) is 4.72. The maximum absolute atomic E-state index is 13.0. The number of nitrogens with one attached hydrogen (secondary N) is 1. The standard InChI is InChI=1S/C20H20ClN3O3/c1-4-13-6-9-17-15(10-13)12(3)19(23(17)5-2)20(25)22-14-7-8-16(21)18(11-14)24(26)27/h6-11H,4-5H2,1-3H3,(H,22,25). The van der Waals surface area contributed by atoms with Gasteiger partial charge in [-0.05, 0) is 55.7 Å². The van der Waals surface area contributed by atoms with Crippen molar-refractivity contribution in [1.29, 1.82) is 0 Å². The zero-order valence-electron chi connectivity index (χ0n) is 15.4. The van der Waals surface area contributed by atoms with Crippen LogP contribution in [0.25, 0.3) is 10.9 Å². The van der Waals surface area contributed by atoms with Gasteiger partial charge in [-0.1, -0.05) is 24.6 Å². The summed E-state index contributed by atoms with van der Waals surface area (Å²) in [5.41, 5.74) is 3.74. The van der Waals surface area contributed by atoms with Crippen molar-refractivity contribution in [1.82, 2.24) is 4.57 Å². The molecule has 0 unspecified atom stereocenters. The Morgan fingerprint density at radius 3 is 2.59 bits per heavy atom. The third-order valence-corrected chi connectivity index (χ3v) is 5.04. The van der Waals surface area contributed by atoms with E-state index in [0.717, 1.165) is 22.9 Å². The second-order valence-electron chi connectivity index (χ2n) is 6.30. The van der Waals surface area contributed by atoms with Crippen molar-refractivity contribution < 1.29 is 9.72 Å². The molecule has 27 heavy (non-hydrogen) atoms. The van der Waals surface area contributed by atoms with Crippen LogP contribution in [0.1, 0.15) is 35.5 Å². The first-order valence-corrected chi connectivity index (χ1v) is 9.12. The van der Waals surface area contributed by atoms with Gasteiger partial charge in [-0.2, -0.15) is 0 Å². The summed E-state index contributed by atoms with van der Waals surface area (Å²) in [6.07, 6.45) is 0.919. The molecule has 1 N–H and O–H groups in total. The Bertz CT molecular complexity index is 1060. The fourth-order valence-corrected chi connectivity index (χ4v) is 3.52. The predicted octanol–water partition coefficient (Wildman–Crippen LogP) is 5.35. The molecule has 0 aliphatic heterocycles. The number of rotatable bonds is 5. The van der Waals surface area contributed by atoms with E-state index in [2.05, 4.69) is 24.4 Å².